The molecule has 4 aromatic carbocycles. The molecule has 28 nitrogen and oxygen atoms in total. The number of phenols is 1. The van der Waals surface area contributed by atoms with Gasteiger partial charge in [-0.05, 0) is 108 Å². The maximum absolute atomic E-state index is 11.9. The van der Waals surface area contributed by atoms with E-state index in [0.717, 1.165) is 65.2 Å². The van der Waals surface area contributed by atoms with E-state index in [4.69, 9.17) is 82.9 Å². The second kappa shape index (κ2) is 63.8. The number of aliphatic hydroxyl groups is 2. The van der Waals surface area contributed by atoms with Gasteiger partial charge in [-0.1, -0.05) is 52.0 Å². The second-order valence-electron chi connectivity index (χ2n) is 23.0. The van der Waals surface area contributed by atoms with Gasteiger partial charge in [0, 0.05) is 187 Å². The van der Waals surface area contributed by atoms with E-state index in [9.17, 15) is 53.7 Å². The Morgan fingerprint density at radius 1 is 0.625 bits per heavy atom. The van der Waals surface area contributed by atoms with Crippen LogP contribution < -0.4 is 67.5 Å². The van der Waals surface area contributed by atoms with E-state index in [1.807, 2.05) is 31.1 Å². The van der Waals surface area contributed by atoms with E-state index in [-0.39, 0.29) is 108 Å². The average Bonchev–Trinajstić information content (AvgIpc) is 0.701. The Kier molecular flexibility index (Phi) is 42.4. The minimum absolute atomic E-state index is 0. The van der Waals surface area contributed by atoms with E-state index < -0.39 is 113 Å². The van der Waals surface area contributed by atoms with Gasteiger partial charge < -0.3 is 98.1 Å². The third-order valence-electron chi connectivity index (χ3n) is 15.0. The number of Topliss-reactive ketones (excluding diaryl/α,β-unsaturated/α-hetero) is 4. The summed E-state index contributed by atoms with van der Waals surface area (Å²) in [5.41, 5.74) is 1.94. The molecule has 4 aromatic rings. The number of piperidine rings is 4. The molecule has 4 heterocycles. The van der Waals surface area contributed by atoms with Crippen LogP contribution in [0.25, 0.3) is 0 Å². The molecule has 4 atom stereocenters. The number of benzene rings is 4. The first-order valence-electron chi connectivity index (χ1n) is 47.2. The summed E-state index contributed by atoms with van der Waals surface area (Å²) >= 11 is 5.70. The quantitative estimate of drug-likeness (QED) is 0.0205. The number of carbonyl (C=O) groups excluding carboxylic acids is 8. The van der Waals surface area contributed by atoms with Crippen LogP contribution >= 0.6 is 11.6 Å². The van der Waals surface area contributed by atoms with Gasteiger partial charge in [0.15, 0.2) is 5.78 Å². The van der Waals surface area contributed by atoms with Gasteiger partial charge in [0.05, 0.1) is 116 Å². The standard InChI is InChI=1S/C16H23NO5.C15H23NO4.C10H19NO3.C9H12O3.C8H7ClO2.2C6H11NO.C5H10O2.C5H8O2.2CH4.Na.2H2.H/c1-9(18)14-12(21-3)7-13(22-4)15(16(14)20)10-5-6-17(2)8-11(10)19;1-16-6-5-11(12(17)9-16)15-13(19-3)7-10(18-2)8-14(15)20-4;1-4-14-10(13)6-8-11(3)7-5-9(2)12;1-10-7-4-8(11-2)6-9(5-7)12-3;1-11-8(10)6-4-2-3-5-7(6)9;2*1-7-4-2-6(8)3-5-7;2*1-3-5(6)7-4-2;;;;;;/h7,10-11,19-20H,5-6,8H2,1-4H3;7-8,11-12,17H,5-6,9H2,1-4H3;4-8H2,1-3H3;4-6H,1-3H3;2-5H,1H3;2*2-5H2,1H3;3-4H2,1-2H3;3H,1,4H2,2H3;2*1H4;;2*1H;/q;;;;;;;;;;;+1;;;-1/i;;7D2,8D2;;;2D2,3D2,4D2,5D2;4D2,5D2;;1D2;2*1D;;2*1+1D;. The van der Waals surface area contributed by atoms with Gasteiger partial charge >= 0.3 is 53.4 Å². The monoisotopic (exact) mass is 1640 g/mol. The summed E-state index contributed by atoms with van der Waals surface area (Å²) in [7, 11) is 23.8. The van der Waals surface area contributed by atoms with Gasteiger partial charge in [0.1, 0.15) is 74.7 Å². The van der Waals surface area contributed by atoms with Crippen LogP contribution in [0.15, 0.2) is 73.3 Å². The molecular weight excluding hydrogens is 1480 g/mol. The van der Waals surface area contributed by atoms with Crippen molar-refractivity contribution < 1.29 is 175 Å². The average molecular weight is 1640 g/mol. The molecule has 30 heteroatoms. The van der Waals surface area contributed by atoms with Crippen LogP contribution in [0, 0.1) is 0 Å². The number of β-amino-alcohol motifs (C(OH)–C–C–N with tert-alkyl or cyclic N) is 2. The predicted molar refractivity (Wildman–Crippen MR) is 438 cm³/mol. The molecule has 4 aliphatic heterocycles. The number of rotatable bonds is 23. The Labute approximate surface area is 729 Å². The summed E-state index contributed by atoms with van der Waals surface area (Å²) < 4.78 is 223. The number of likely N-dealkylation sites (N-methyl/N-ethyl adjacent to an activating group) is 2. The molecule has 8 rings (SSSR count). The Hall–Kier alpha value is -7.61. The number of hydrogen-bond acceptors (Lipinski definition) is 28. The summed E-state index contributed by atoms with van der Waals surface area (Å²) in [6.45, 7) is -1.14. The third kappa shape index (κ3) is 44.2. The first-order chi connectivity index (χ1) is 62.6. The fraction of sp³-hybridized carbons (Fsp3) is 0.585. The molecule has 636 valence electrons. The summed E-state index contributed by atoms with van der Waals surface area (Å²) in [5, 5.41) is 31.8. The van der Waals surface area contributed by atoms with Crippen molar-refractivity contribution in [3.8, 4) is 51.7 Å². The minimum atomic E-state index is -3.10. The van der Waals surface area contributed by atoms with Crippen molar-refractivity contribution in [1.29, 1.82) is 0 Å². The topological polar surface area (TPSA) is 324 Å². The molecule has 112 heavy (non-hydrogen) atoms. The molecule has 4 fully saturated rings. The molecule has 0 radical (unpaired) electrons. The minimum Gasteiger partial charge on any atom is -1.00 e. The maximum Gasteiger partial charge on any atom is 1.00 e. The third-order valence-corrected chi connectivity index (χ3v) is 15.3. The van der Waals surface area contributed by atoms with Crippen LogP contribution in [-0.4, -0.2) is 283 Å². The summed E-state index contributed by atoms with van der Waals surface area (Å²) in [6, 6.07) is 17.4. The number of aliphatic hydroxyl groups excluding tert-OH is 2. The Morgan fingerprint density at radius 3 is 1.43 bits per heavy atom. The second-order valence-corrected chi connectivity index (χ2v) is 23.4. The Balaban J connectivity index is -0.000000279. The number of ketones is 4. The smallest absolute Gasteiger partial charge is 1.00 e. The van der Waals surface area contributed by atoms with Gasteiger partial charge in [-0.15, -0.1) is 0 Å². The number of halogens is 1. The van der Waals surface area contributed by atoms with Crippen LogP contribution in [0.5, 0.6) is 51.7 Å². The van der Waals surface area contributed by atoms with E-state index in [1.54, 1.807) is 119 Å². The van der Waals surface area contributed by atoms with E-state index in [0.29, 0.717) is 71.7 Å². The Morgan fingerprint density at radius 2 is 1.04 bits per heavy atom. The van der Waals surface area contributed by atoms with E-state index in [2.05, 4.69) is 23.8 Å². The summed E-state index contributed by atoms with van der Waals surface area (Å²) in [6.07, 6.45) is -5.89. The molecule has 0 aromatic heterocycles. The van der Waals surface area contributed by atoms with Gasteiger partial charge in [-0.3, -0.25) is 28.8 Å². The normalized spacial score (nSPS) is 21.7. The largest absolute Gasteiger partial charge is 1.00 e. The van der Waals surface area contributed by atoms with E-state index >= 15 is 0 Å². The molecule has 4 saturated heterocycles. The number of nitrogens with zero attached hydrogens (tertiary/aromatic N) is 5. The van der Waals surface area contributed by atoms with Crippen molar-refractivity contribution in [3.05, 3.63) is 101 Å². The Bertz CT molecular complexity index is 4150. The SMILES string of the molecule is CCOC(=O)CC.COC(=O)c1ccccc1Cl.COc1cc(OC)c(C2CCN(C)CC2O)c(O)c1C(C)=O.COc1cc(OC)c(C2CCN(C)CC2O)c(OC)c1.COc1cc(OC)cc(OC)c1.[2H]C.[2H]C.[2H]C([2H])(CC(C)=O)N(C)C([2H])([2H])CC(=O)OCC.[2H]C([2H])=CC(=O)OCC.[2H]C1([2H])C(=O)C([2H])([2H])C([2H])([2H])N(C)C1([2H])[2H].[2H]C1([2H])CC(=O)CC([2H])([2H])N1C.[2H][2H].[2H][2H].[H-].[Na+]. The first-order valence-corrected chi connectivity index (χ1v) is 34.5. The number of hydrogen-bond donors (Lipinski definition) is 3. The number of carbonyl (C=O) groups is 8. The molecule has 0 aliphatic carbocycles. The van der Waals surface area contributed by atoms with E-state index in [1.165, 1.54) is 64.1 Å². The van der Waals surface area contributed by atoms with Gasteiger partial charge in [0.25, 0.3) is 0 Å². The van der Waals surface area contributed by atoms with Crippen molar-refractivity contribution in [2.24, 2.45) is 0 Å². The van der Waals surface area contributed by atoms with Crippen molar-refractivity contribution >= 4 is 58.6 Å². The van der Waals surface area contributed by atoms with Crippen LogP contribution in [0.4, 0.5) is 0 Å². The predicted octanol–water partition coefficient (Wildman–Crippen LogP) is 8.71. The molecule has 0 spiro atoms. The fourth-order valence-electron chi connectivity index (χ4n) is 9.54. The van der Waals surface area contributed by atoms with Crippen LogP contribution in [0.1, 0.15) is 192 Å². The molecule has 0 bridgehead atoms. The van der Waals surface area contributed by atoms with Gasteiger partial charge in [0.2, 0.25) is 0 Å². The number of phenolic OH excluding ortho intramolecular Hbond substituents is 1. The summed E-state index contributed by atoms with van der Waals surface area (Å²) in [4.78, 5) is 94.0. The van der Waals surface area contributed by atoms with Crippen LogP contribution in [-0.2, 0) is 47.7 Å². The molecule has 4 aliphatic rings. The molecular formula is C82H137ClN5NaO23. The van der Waals surface area contributed by atoms with Crippen molar-refractivity contribution in [1.82, 2.24) is 24.5 Å². The molecule has 4 unspecified atom stereocenters. The van der Waals surface area contributed by atoms with Crippen LogP contribution in [0.2, 0.25) is 5.02 Å². The zero-order valence-corrected chi connectivity index (χ0v) is 71.9. The molecule has 0 saturated carbocycles. The van der Waals surface area contributed by atoms with Crippen molar-refractivity contribution in [3.63, 3.8) is 0 Å². The first kappa shape index (κ1) is 74.5. The maximum atomic E-state index is 11.9. The van der Waals surface area contributed by atoms with Crippen molar-refractivity contribution in [2.75, 3.05) is 184 Å². The zero-order chi connectivity index (χ0) is 107. The molecule has 3 N–H and O–H groups in total. The molecule has 0 amide bonds. The summed E-state index contributed by atoms with van der Waals surface area (Å²) in [5.74, 6) is -0.104. The number of methoxy groups -OCH3 is 9. The van der Waals surface area contributed by atoms with Gasteiger partial charge in [-0.2, -0.15) is 0 Å². The number of aromatic hydroxyl groups is 1. The number of esters is 4. The number of ether oxygens (including phenoxy) is 12. The fourth-order valence-corrected chi connectivity index (χ4v) is 9.75. The van der Waals surface area contributed by atoms with Crippen molar-refractivity contribution in [2.45, 2.75) is 138 Å². The van der Waals surface area contributed by atoms with Crippen LogP contribution in [0.3, 0.4) is 0 Å². The zero-order valence-electron chi connectivity index (χ0n) is 94.2. The number of likely N-dealkylation sites (tertiary alicyclic amines) is 4. The van der Waals surface area contributed by atoms with Gasteiger partial charge in [-0.25, -0.2) is 9.59 Å².